The summed E-state index contributed by atoms with van der Waals surface area (Å²) in [6.07, 6.45) is -0.533. The molecule has 0 radical (unpaired) electrons. The summed E-state index contributed by atoms with van der Waals surface area (Å²) < 4.78 is 6.91. The van der Waals surface area contributed by atoms with Gasteiger partial charge in [0.25, 0.3) is 0 Å². The fraction of sp³-hybridized carbons (Fsp3) is 0.143. The third-order valence-electron chi connectivity index (χ3n) is 2.39. The molecule has 1 N–H and O–H groups in total. The lowest BCUT2D eigenvalue weighted by Gasteiger charge is -2.12. The summed E-state index contributed by atoms with van der Waals surface area (Å²) in [5.74, 6) is 1.48. The van der Waals surface area contributed by atoms with Gasteiger partial charge < -0.3 is 9.84 Å². The fourth-order valence-corrected chi connectivity index (χ4v) is 2.09. The molecule has 0 spiro atoms. The molecule has 0 saturated heterocycles. The Morgan fingerprint density at radius 1 is 1.12 bits per heavy atom. The second kappa shape index (κ2) is 5.51. The van der Waals surface area contributed by atoms with Crippen molar-refractivity contribution in [1.29, 1.82) is 0 Å². The number of aliphatic hydroxyl groups excluding tert-OH is 1. The van der Waals surface area contributed by atoms with Gasteiger partial charge in [-0.15, -0.1) is 0 Å². The van der Waals surface area contributed by atoms with Crippen molar-refractivity contribution in [1.82, 2.24) is 0 Å². The van der Waals surface area contributed by atoms with Crippen molar-refractivity contribution in [2.24, 2.45) is 0 Å². The Kier molecular flexibility index (Phi) is 4.02. The Hall–Kier alpha value is -1.07. The number of hydrogen-bond acceptors (Lipinski definition) is 2. The van der Waals surface area contributed by atoms with Crippen molar-refractivity contribution in [2.75, 3.05) is 0 Å². The zero-order valence-corrected chi connectivity index (χ0v) is 11.6. The van der Waals surface area contributed by atoms with Crippen molar-refractivity contribution in [2.45, 2.75) is 13.0 Å². The van der Waals surface area contributed by atoms with Crippen LogP contribution in [0, 0.1) is 3.57 Å². The highest BCUT2D eigenvalue weighted by Gasteiger charge is 2.08. The predicted octanol–water partition coefficient (Wildman–Crippen LogP) is 4.14. The topological polar surface area (TPSA) is 29.5 Å². The monoisotopic (exact) mass is 340 g/mol. The molecule has 17 heavy (non-hydrogen) atoms. The van der Waals surface area contributed by atoms with Crippen LogP contribution in [0.25, 0.3) is 0 Å². The maximum Gasteiger partial charge on any atom is 0.133 e. The molecule has 88 valence electrons. The van der Waals surface area contributed by atoms with Gasteiger partial charge in [-0.25, -0.2) is 0 Å². The predicted molar refractivity (Wildman–Crippen MR) is 76.3 cm³/mol. The number of ether oxygens (including phenoxy) is 1. The molecule has 0 aliphatic heterocycles. The van der Waals surface area contributed by atoms with Gasteiger partial charge >= 0.3 is 0 Å². The van der Waals surface area contributed by atoms with Gasteiger partial charge in [0.15, 0.2) is 0 Å². The van der Waals surface area contributed by atoms with Crippen LogP contribution in [0.5, 0.6) is 11.5 Å². The van der Waals surface area contributed by atoms with E-state index >= 15 is 0 Å². The lowest BCUT2D eigenvalue weighted by molar-refractivity contribution is 0.195. The molecule has 2 aromatic rings. The van der Waals surface area contributed by atoms with Crippen LogP contribution in [-0.2, 0) is 0 Å². The Morgan fingerprint density at radius 3 is 2.59 bits per heavy atom. The zero-order valence-electron chi connectivity index (χ0n) is 9.43. The molecule has 0 unspecified atom stereocenters. The summed E-state index contributed by atoms with van der Waals surface area (Å²) in [7, 11) is 0. The molecule has 0 fully saturated rings. The second-order valence-corrected chi connectivity index (χ2v) is 5.02. The van der Waals surface area contributed by atoms with Gasteiger partial charge in [-0.1, -0.05) is 24.3 Å². The van der Waals surface area contributed by atoms with Crippen LogP contribution in [0.15, 0.2) is 48.5 Å². The number of halogens is 1. The Morgan fingerprint density at radius 2 is 1.88 bits per heavy atom. The van der Waals surface area contributed by atoms with Gasteiger partial charge in [0, 0.05) is 9.13 Å². The summed E-state index contributed by atoms with van der Waals surface area (Å²) >= 11 is 2.24. The minimum Gasteiger partial charge on any atom is -0.457 e. The smallest absolute Gasteiger partial charge is 0.133 e. The highest BCUT2D eigenvalue weighted by molar-refractivity contribution is 14.1. The number of benzene rings is 2. The van der Waals surface area contributed by atoms with Crippen molar-refractivity contribution in [3.63, 3.8) is 0 Å². The van der Waals surface area contributed by atoms with Crippen LogP contribution in [0.3, 0.4) is 0 Å². The van der Waals surface area contributed by atoms with Crippen LogP contribution < -0.4 is 4.74 Å². The fourth-order valence-electron chi connectivity index (χ4n) is 1.58. The maximum absolute atomic E-state index is 9.66. The van der Waals surface area contributed by atoms with Crippen LogP contribution in [0.4, 0.5) is 0 Å². The van der Waals surface area contributed by atoms with E-state index in [1.807, 2.05) is 48.5 Å². The lowest BCUT2D eigenvalue weighted by atomic mass is 10.1. The standard InChI is InChI=1S/C14H13IO2/c1-10(16)13-7-2-3-8-14(13)17-12-6-4-5-11(15)9-12/h2-10,16H,1H3/t10-/m0/s1. The Balaban J connectivity index is 2.30. The highest BCUT2D eigenvalue weighted by atomic mass is 127. The quantitative estimate of drug-likeness (QED) is 0.851. The summed E-state index contributed by atoms with van der Waals surface area (Å²) in [6, 6.07) is 15.3. The molecule has 0 aliphatic rings. The number of aliphatic hydroxyl groups is 1. The Labute approximate surface area is 114 Å². The lowest BCUT2D eigenvalue weighted by Crippen LogP contribution is -1.95. The van der Waals surface area contributed by atoms with E-state index in [1.165, 1.54) is 0 Å². The molecule has 0 aromatic heterocycles. The van der Waals surface area contributed by atoms with E-state index in [0.29, 0.717) is 5.75 Å². The largest absolute Gasteiger partial charge is 0.457 e. The Bertz CT molecular complexity index is 509. The molecule has 0 aliphatic carbocycles. The van der Waals surface area contributed by atoms with E-state index in [4.69, 9.17) is 4.74 Å². The minimum absolute atomic E-state index is 0.533. The van der Waals surface area contributed by atoms with Crippen LogP contribution in [0.1, 0.15) is 18.6 Å². The third kappa shape index (κ3) is 3.20. The summed E-state index contributed by atoms with van der Waals surface area (Å²) in [5.41, 5.74) is 0.798. The van der Waals surface area contributed by atoms with E-state index < -0.39 is 6.10 Å². The maximum atomic E-state index is 9.66. The average Bonchev–Trinajstić information content (AvgIpc) is 2.29. The number of hydrogen-bond donors (Lipinski definition) is 1. The molecule has 0 heterocycles. The van der Waals surface area contributed by atoms with Crippen molar-refractivity contribution in [3.8, 4) is 11.5 Å². The van der Waals surface area contributed by atoms with E-state index in [2.05, 4.69) is 22.6 Å². The summed E-state index contributed by atoms with van der Waals surface area (Å²) in [4.78, 5) is 0. The molecule has 2 aromatic carbocycles. The first-order valence-corrected chi connectivity index (χ1v) is 6.45. The van der Waals surface area contributed by atoms with Gasteiger partial charge in [0.05, 0.1) is 6.10 Å². The number of rotatable bonds is 3. The SMILES string of the molecule is C[C@H](O)c1ccccc1Oc1cccc(I)c1. The molecular formula is C14H13IO2. The van der Waals surface area contributed by atoms with E-state index in [1.54, 1.807) is 6.92 Å². The first-order valence-electron chi connectivity index (χ1n) is 5.37. The van der Waals surface area contributed by atoms with Gasteiger partial charge in [-0.05, 0) is 53.8 Å². The molecule has 0 bridgehead atoms. The van der Waals surface area contributed by atoms with Gasteiger partial charge in [-0.2, -0.15) is 0 Å². The van der Waals surface area contributed by atoms with Crippen molar-refractivity contribution in [3.05, 3.63) is 57.7 Å². The van der Waals surface area contributed by atoms with Crippen molar-refractivity contribution < 1.29 is 9.84 Å². The normalized spacial score (nSPS) is 12.2. The summed E-state index contributed by atoms with van der Waals surface area (Å²) in [6.45, 7) is 1.73. The first-order chi connectivity index (χ1) is 8.16. The molecular weight excluding hydrogens is 327 g/mol. The second-order valence-electron chi connectivity index (χ2n) is 3.77. The van der Waals surface area contributed by atoms with Crippen LogP contribution in [0.2, 0.25) is 0 Å². The van der Waals surface area contributed by atoms with Crippen molar-refractivity contribution >= 4 is 22.6 Å². The van der Waals surface area contributed by atoms with E-state index in [-0.39, 0.29) is 0 Å². The van der Waals surface area contributed by atoms with Gasteiger partial charge in [-0.3, -0.25) is 0 Å². The molecule has 0 saturated carbocycles. The molecule has 2 nitrogen and oxygen atoms in total. The summed E-state index contributed by atoms with van der Waals surface area (Å²) in [5, 5.41) is 9.66. The highest BCUT2D eigenvalue weighted by Crippen LogP contribution is 2.29. The van der Waals surface area contributed by atoms with Gasteiger partial charge in [0.2, 0.25) is 0 Å². The average molecular weight is 340 g/mol. The van der Waals surface area contributed by atoms with Crippen LogP contribution >= 0.6 is 22.6 Å². The third-order valence-corrected chi connectivity index (χ3v) is 3.06. The molecule has 2 rings (SSSR count). The van der Waals surface area contributed by atoms with E-state index in [0.717, 1.165) is 14.9 Å². The number of para-hydroxylation sites is 1. The zero-order chi connectivity index (χ0) is 12.3. The molecule has 1 atom stereocenters. The molecule has 0 amide bonds. The van der Waals surface area contributed by atoms with Crippen LogP contribution in [-0.4, -0.2) is 5.11 Å². The van der Waals surface area contributed by atoms with Gasteiger partial charge in [0.1, 0.15) is 11.5 Å². The van der Waals surface area contributed by atoms with E-state index in [9.17, 15) is 5.11 Å². The first kappa shape index (κ1) is 12.4. The molecule has 3 heteroatoms. The minimum atomic E-state index is -0.533.